The average Bonchev–Trinajstić information content (AvgIpc) is 3.06. The summed E-state index contributed by atoms with van der Waals surface area (Å²) in [6.07, 6.45) is 1.45. The minimum absolute atomic E-state index is 0.0954. The van der Waals surface area contributed by atoms with Gasteiger partial charge < -0.3 is 10.0 Å². The molecule has 0 saturated heterocycles. The molecule has 1 heterocycles. The number of nitrogens with zero attached hydrogens (tertiary/aromatic N) is 3. The van der Waals surface area contributed by atoms with Gasteiger partial charge in [-0.1, -0.05) is 12.1 Å². The zero-order valence-corrected chi connectivity index (χ0v) is 17.7. The second kappa shape index (κ2) is 8.70. The van der Waals surface area contributed by atoms with Crippen molar-refractivity contribution in [2.45, 2.75) is 18.7 Å². The van der Waals surface area contributed by atoms with E-state index in [0.29, 0.717) is 5.56 Å². The molecule has 0 unspecified atom stereocenters. The van der Waals surface area contributed by atoms with E-state index in [-0.39, 0.29) is 16.2 Å². The summed E-state index contributed by atoms with van der Waals surface area (Å²) in [6.45, 7) is 5.78. The first-order chi connectivity index (χ1) is 14.7. The molecule has 162 valence electrons. The number of hydrogen-bond acceptors (Lipinski definition) is 6. The highest BCUT2D eigenvalue weighted by molar-refractivity contribution is 7.85. The third-order valence-corrected chi connectivity index (χ3v) is 5.66. The summed E-state index contributed by atoms with van der Waals surface area (Å²) < 4.78 is 31.5. The van der Waals surface area contributed by atoms with Gasteiger partial charge in [-0.2, -0.15) is 18.5 Å². The topological polar surface area (TPSA) is 128 Å². The van der Waals surface area contributed by atoms with E-state index in [1.54, 1.807) is 12.1 Å². The number of carboxylic acids is 1. The number of carboxylic acid groups (broad SMARTS) is 1. The van der Waals surface area contributed by atoms with Crippen molar-refractivity contribution in [1.29, 1.82) is 0 Å². The highest BCUT2D eigenvalue weighted by Gasteiger charge is 2.35. The Labute approximate surface area is 179 Å². The van der Waals surface area contributed by atoms with Crippen LogP contribution in [0.1, 0.15) is 19.4 Å². The second-order valence-corrected chi connectivity index (χ2v) is 8.08. The first kappa shape index (κ1) is 22.2. The first-order valence-corrected chi connectivity index (χ1v) is 10.9. The minimum Gasteiger partial charge on any atom is -0.476 e. The zero-order chi connectivity index (χ0) is 22.8. The quantitative estimate of drug-likeness (QED) is 0.497. The van der Waals surface area contributed by atoms with Crippen molar-refractivity contribution in [3.05, 3.63) is 59.7 Å². The molecule has 0 aliphatic carbocycles. The number of hydrazone groups is 1. The lowest BCUT2D eigenvalue weighted by atomic mass is 10.1. The second-order valence-electron chi connectivity index (χ2n) is 6.66. The molecule has 0 bridgehead atoms. The predicted molar refractivity (Wildman–Crippen MR) is 117 cm³/mol. The number of benzene rings is 2. The lowest BCUT2D eigenvalue weighted by molar-refractivity contribution is -0.129. The third kappa shape index (κ3) is 4.65. The van der Waals surface area contributed by atoms with Crippen LogP contribution in [0.25, 0.3) is 6.08 Å². The molecule has 31 heavy (non-hydrogen) atoms. The highest BCUT2D eigenvalue weighted by Crippen LogP contribution is 2.27. The zero-order valence-electron chi connectivity index (χ0n) is 16.9. The van der Waals surface area contributed by atoms with E-state index in [0.717, 1.165) is 35.9 Å². The SMILES string of the molecule is CCN(CC)c1ccc(C=C2C(=O)N(c3ccc(S(=O)(=O)O)cc3)N=C2C(=O)O)cc1. The Kier molecular flexibility index (Phi) is 6.23. The Morgan fingerprint density at radius 1 is 1.06 bits per heavy atom. The molecule has 1 aliphatic rings. The van der Waals surface area contributed by atoms with E-state index in [1.807, 2.05) is 26.0 Å². The lowest BCUT2D eigenvalue weighted by Crippen LogP contribution is -2.22. The maximum atomic E-state index is 12.9. The summed E-state index contributed by atoms with van der Waals surface area (Å²) in [6, 6.07) is 12.1. The van der Waals surface area contributed by atoms with Gasteiger partial charge >= 0.3 is 5.97 Å². The Bertz CT molecular complexity index is 1160. The van der Waals surface area contributed by atoms with Crippen LogP contribution < -0.4 is 9.91 Å². The number of carbonyl (C=O) groups excluding carboxylic acids is 1. The highest BCUT2D eigenvalue weighted by atomic mass is 32.2. The minimum atomic E-state index is -4.39. The Hall–Kier alpha value is -3.50. The normalized spacial score (nSPS) is 15.3. The van der Waals surface area contributed by atoms with Gasteiger partial charge in [-0.25, -0.2) is 4.79 Å². The van der Waals surface area contributed by atoms with Gasteiger partial charge in [0.05, 0.1) is 16.2 Å². The van der Waals surface area contributed by atoms with Crippen LogP contribution in [-0.4, -0.2) is 48.8 Å². The largest absolute Gasteiger partial charge is 0.476 e. The number of amides is 1. The molecule has 0 spiro atoms. The van der Waals surface area contributed by atoms with Gasteiger partial charge in [0.1, 0.15) is 0 Å². The summed E-state index contributed by atoms with van der Waals surface area (Å²) in [7, 11) is -4.39. The van der Waals surface area contributed by atoms with Crippen LogP contribution in [0.5, 0.6) is 0 Å². The fourth-order valence-electron chi connectivity index (χ4n) is 3.17. The lowest BCUT2D eigenvalue weighted by Gasteiger charge is -2.20. The molecule has 10 heteroatoms. The number of anilines is 2. The molecule has 0 saturated carbocycles. The third-order valence-electron chi connectivity index (χ3n) is 4.79. The van der Waals surface area contributed by atoms with Crippen molar-refractivity contribution >= 4 is 45.2 Å². The van der Waals surface area contributed by atoms with Gasteiger partial charge in [-0.05, 0) is 61.9 Å². The van der Waals surface area contributed by atoms with Gasteiger partial charge in [0.2, 0.25) is 0 Å². The smallest absolute Gasteiger partial charge is 0.357 e. The van der Waals surface area contributed by atoms with E-state index in [4.69, 9.17) is 4.55 Å². The predicted octanol–water partition coefficient (Wildman–Crippen LogP) is 2.65. The molecule has 2 aromatic carbocycles. The van der Waals surface area contributed by atoms with Crippen molar-refractivity contribution in [1.82, 2.24) is 0 Å². The van der Waals surface area contributed by atoms with E-state index in [9.17, 15) is 23.1 Å². The van der Waals surface area contributed by atoms with Gasteiger partial charge in [0.15, 0.2) is 5.71 Å². The molecule has 1 aliphatic heterocycles. The average molecular weight is 443 g/mol. The standard InChI is InChI=1S/C21H21N3O6S/c1-3-23(4-2)15-7-5-14(6-8-15)13-18-19(21(26)27)22-24(20(18)25)16-9-11-17(12-10-16)31(28,29)30/h5-13H,3-4H2,1-2H3,(H,26,27)(H,28,29,30). The van der Waals surface area contributed by atoms with Crippen LogP contribution in [0.3, 0.4) is 0 Å². The molecule has 0 radical (unpaired) electrons. The van der Waals surface area contributed by atoms with Crippen molar-refractivity contribution in [2.75, 3.05) is 23.0 Å². The van der Waals surface area contributed by atoms with Gasteiger partial charge in [0, 0.05) is 18.8 Å². The van der Waals surface area contributed by atoms with Crippen LogP contribution in [0.4, 0.5) is 11.4 Å². The molecule has 0 aromatic heterocycles. The van der Waals surface area contributed by atoms with Crippen molar-refractivity contribution in [2.24, 2.45) is 5.10 Å². The number of carbonyl (C=O) groups is 2. The van der Waals surface area contributed by atoms with Crippen LogP contribution in [0.15, 0.2) is 64.1 Å². The van der Waals surface area contributed by atoms with Gasteiger partial charge in [-0.3, -0.25) is 9.35 Å². The van der Waals surface area contributed by atoms with Crippen LogP contribution >= 0.6 is 0 Å². The molecule has 0 atom stereocenters. The molecule has 9 nitrogen and oxygen atoms in total. The van der Waals surface area contributed by atoms with Crippen LogP contribution in [0, 0.1) is 0 Å². The molecular weight excluding hydrogens is 422 g/mol. The van der Waals surface area contributed by atoms with E-state index >= 15 is 0 Å². The van der Waals surface area contributed by atoms with E-state index in [2.05, 4.69) is 10.0 Å². The molecule has 2 aromatic rings. The van der Waals surface area contributed by atoms with Gasteiger partial charge in [0.25, 0.3) is 16.0 Å². The molecule has 0 fully saturated rings. The Morgan fingerprint density at radius 2 is 1.65 bits per heavy atom. The monoisotopic (exact) mass is 443 g/mol. The molecule has 3 rings (SSSR count). The number of hydrogen-bond donors (Lipinski definition) is 2. The summed E-state index contributed by atoms with van der Waals surface area (Å²) in [5, 5.41) is 14.3. The maximum absolute atomic E-state index is 12.9. The summed E-state index contributed by atoms with van der Waals surface area (Å²) in [5.74, 6) is -2.03. The van der Waals surface area contributed by atoms with Crippen LogP contribution in [-0.2, 0) is 19.7 Å². The van der Waals surface area contributed by atoms with Gasteiger partial charge in [-0.15, -0.1) is 0 Å². The molecular formula is C21H21N3O6S. The Morgan fingerprint density at radius 3 is 2.13 bits per heavy atom. The summed E-state index contributed by atoms with van der Waals surface area (Å²) >= 11 is 0. The summed E-state index contributed by atoms with van der Waals surface area (Å²) in [5.41, 5.74) is 1.30. The fraction of sp³-hybridized carbons (Fsp3) is 0.190. The van der Waals surface area contributed by atoms with Crippen molar-refractivity contribution in [3.63, 3.8) is 0 Å². The van der Waals surface area contributed by atoms with Crippen molar-refractivity contribution < 1.29 is 27.7 Å². The molecule has 1 amide bonds. The van der Waals surface area contributed by atoms with Crippen molar-refractivity contribution in [3.8, 4) is 0 Å². The van der Waals surface area contributed by atoms with E-state index < -0.39 is 27.7 Å². The van der Waals surface area contributed by atoms with E-state index in [1.165, 1.54) is 18.2 Å². The first-order valence-electron chi connectivity index (χ1n) is 9.46. The maximum Gasteiger partial charge on any atom is 0.357 e. The fourth-order valence-corrected chi connectivity index (χ4v) is 3.65. The molecule has 2 N–H and O–H groups in total. The number of rotatable bonds is 7. The Balaban J connectivity index is 1.94. The van der Waals surface area contributed by atoms with Crippen LogP contribution in [0.2, 0.25) is 0 Å². The number of aliphatic carboxylic acids is 1. The summed E-state index contributed by atoms with van der Waals surface area (Å²) in [4.78, 5) is 26.3.